The maximum absolute atomic E-state index is 12.3. The van der Waals surface area contributed by atoms with Gasteiger partial charge in [-0.15, -0.1) is 0 Å². The quantitative estimate of drug-likeness (QED) is 0.761. The van der Waals surface area contributed by atoms with Gasteiger partial charge in [0, 0.05) is 25.5 Å². The number of hydrogen-bond donors (Lipinski definition) is 0. The molecular weight excluding hydrogens is 231 g/mol. The summed E-state index contributed by atoms with van der Waals surface area (Å²) in [5.41, 5.74) is -0.799. The van der Waals surface area contributed by atoms with E-state index in [2.05, 4.69) is 16.9 Å². The SMILES string of the molecule is CC1CCN(c2ncc(C(F)(F)F)cn2)CC1. The Morgan fingerprint density at radius 1 is 1.18 bits per heavy atom. The molecule has 0 atom stereocenters. The van der Waals surface area contributed by atoms with E-state index in [1.54, 1.807) is 0 Å². The third-order valence-electron chi connectivity index (χ3n) is 3.03. The van der Waals surface area contributed by atoms with Crippen molar-refractivity contribution in [2.45, 2.75) is 25.9 Å². The van der Waals surface area contributed by atoms with Crippen molar-refractivity contribution in [2.75, 3.05) is 18.0 Å². The van der Waals surface area contributed by atoms with E-state index in [1.807, 2.05) is 4.90 Å². The summed E-state index contributed by atoms with van der Waals surface area (Å²) in [5, 5.41) is 0. The van der Waals surface area contributed by atoms with Gasteiger partial charge in [-0.1, -0.05) is 6.92 Å². The lowest BCUT2D eigenvalue weighted by Gasteiger charge is -2.30. The molecule has 0 spiro atoms. The summed E-state index contributed by atoms with van der Waals surface area (Å²) in [6.45, 7) is 3.80. The molecule has 94 valence electrons. The van der Waals surface area contributed by atoms with E-state index in [1.165, 1.54) is 0 Å². The molecule has 3 nitrogen and oxygen atoms in total. The van der Waals surface area contributed by atoms with Gasteiger partial charge in [0.2, 0.25) is 5.95 Å². The second-order valence-corrected chi connectivity index (χ2v) is 4.44. The summed E-state index contributed by atoms with van der Waals surface area (Å²) in [6.07, 6.45) is -0.607. The molecule has 0 aromatic carbocycles. The van der Waals surface area contributed by atoms with Crippen molar-refractivity contribution in [3.8, 4) is 0 Å². The van der Waals surface area contributed by atoms with Gasteiger partial charge in [-0.25, -0.2) is 9.97 Å². The van der Waals surface area contributed by atoms with Crippen molar-refractivity contribution in [1.82, 2.24) is 9.97 Å². The first-order chi connectivity index (χ1) is 7.97. The van der Waals surface area contributed by atoms with Gasteiger partial charge in [0.25, 0.3) is 0 Å². The molecule has 0 radical (unpaired) electrons. The molecule has 0 amide bonds. The first-order valence-electron chi connectivity index (χ1n) is 5.61. The fourth-order valence-corrected chi connectivity index (χ4v) is 1.84. The van der Waals surface area contributed by atoms with E-state index in [0.29, 0.717) is 11.9 Å². The molecule has 17 heavy (non-hydrogen) atoms. The standard InChI is InChI=1S/C11H14F3N3/c1-8-2-4-17(5-3-8)10-15-6-9(7-16-10)11(12,13)14/h6-8H,2-5H2,1H3. The number of hydrogen-bond acceptors (Lipinski definition) is 3. The second kappa shape index (κ2) is 4.50. The van der Waals surface area contributed by atoms with Crippen LogP contribution >= 0.6 is 0 Å². The van der Waals surface area contributed by atoms with Crippen molar-refractivity contribution in [3.05, 3.63) is 18.0 Å². The van der Waals surface area contributed by atoms with Crippen LogP contribution in [0.2, 0.25) is 0 Å². The summed E-state index contributed by atoms with van der Waals surface area (Å²) in [4.78, 5) is 9.51. The van der Waals surface area contributed by atoms with E-state index < -0.39 is 11.7 Å². The lowest BCUT2D eigenvalue weighted by Crippen LogP contribution is -2.34. The van der Waals surface area contributed by atoms with Crippen molar-refractivity contribution < 1.29 is 13.2 Å². The van der Waals surface area contributed by atoms with E-state index in [9.17, 15) is 13.2 Å². The molecule has 1 fully saturated rings. The molecule has 1 aliphatic rings. The predicted octanol–water partition coefficient (Wildman–Crippen LogP) is 2.73. The molecule has 6 heteroatoms. The molecule has 2 rings (SSSR count). The average molecular weight is 245 g/mol. The van der Waals surface area contributed by atoms with E-state index in [4.69, 9.17) is 0 Å². The average Bonchev–Trinajstić information content (AvgIpc) is 2.29. The molecular formula is C11H14F3N3. The monoisotopic (exact) mass is 245 g/mol. The minimum atomic E-state index is -4.37. The Morgan fingerprint density at radius 3 is 2.18 bits per heavy atom. The van der Waals surface area contributed by atoms with Crippen LogP contribution in [0.3, 0.4) is 0 Å². The molecule has 0 saturated carbocycles. The van der Waals surface area contributed by atoms with Crippen molar-refractivity contribution in [1.29, 1.82) is 0 Å². The number of alkyl halides is 3. The van der Waals surface area contributed by atoms with E-state index in [-0.39, 0.29) is 0 Å². The largest absolute Gasteiger partial charge is 0.419 e. The van der Waals surface area contributed by atoms with Gasteiger partial charge in [-0.2, -0.15) is 13.2 Å². The number of rotatable bonds is 1. The molecule has 0 unspecified atom stereocenters. The highest BCUT2D eigenvalue weighted by molar-refractivity contribution is 5.30. The molecule has 2 heterocycles. The Hall–Kier alpha value is -1.33. The van der Waals surface area contributed by atoms with Crippen LogP contribution in [0.15, 0.2) is 12.4 Å². The van der Waals surface area contributed by atoms with Crippen molar-refractivity contribution >= 4 is 5.95 Å². The van der Waals surface area contributed by atoms with Gasteiger partial charge >= 0.3 is 6.18 Å². The van der Waals surface area contributed by atoms with Crippen LogP contribution in [0, 0.1) is 5.92 Å². The molecule has 1 aromatic rings. The third-order valence-corrected chi connectivity index (χ3v) is 3.03. The highest BCUT2D eigenvalue weighted by atomic mass is 19.4. The van der Waals surface area contributed by atoms with Crippen LogP contribution < -0.4 is 4.90 Å². The molecule has 1 aromatic heterocycles. The minimum absolute atomic E-state index is 0.393. The summed E-state index contributed by atoms with van der Waals surface area (Å²) >= 11 is 0. The first kappa shape index (κ1) is 12.1. The van der Waals surface area contributed by atoms with Crippen LogP contribution in [0.1, 0.15) is 25.3 Å². The summed E-state index contributed by atoms with van der Waals surface area (Å²) in [5.74, 6) is 1.06. The zero-order valence-electron chi connectivity index (χ0n) is 9.54. The van der Waals surface area contributed by atoms with Crippen molar-refractivity contribution in [3.63, 3.8) is 0 Å². The topological polar surface area (TPSA) is 29.0 Å². The van der Waals surface area contributed by atoms with Crippen molar-refractivity contribution in [2.24, 2.45) is 5.92 Å². The van der Waals surface area contributed by atoms with Crippen LogP contribution in [-0.2, 0) is 6.18 Å². The molecule has 1 saturated heterocycles. The highest BCUT2D eigenvalue weighted by Crippen LogP contribution is 2.28. The Kier molecular flexibility index (Phi) is 3.22. The van der Waals surface area contributed by atoms with E-state index in [0.717, 1.165) is 38.3 Å². The van der Waals surface area contributed by atoms with Gasteiger partial charge in [0.05, 0.1) is 5.56 Å². The third kappa shape index (κ3) is 2.87. The molecule has 0 N–H and O–H groups in total. The first-order valence-corrected chi connectivity index (χ1v) is 5.61. The number of halogens is 3. The maximum atomic E-state index is 12.3. The highest BCUT2D eigenvalue weighted by Gasteiger charge is 2.31. The van der Waals surface area contributed by atoms with Crippen LogP contribution in [0.5, 0.6) is 0 Å². The molecule has 0 bridgehead atoms. The molecule has 0 aliphatic carbocycles. The van der Waals surface area contributed by atoms with Gasteiger partial charge < -0.3 is 4.90 Å². The van der Waals surface area contributed by atoms with Gasteiger partial charge in [-0.3, -0.25) is 0 Å². The fraction of sp³-hybridized carbons (Fsp3) is 0.636. The van der Waals surface area contributed by atoms with Gasteiger partial charge in [-0.05, 0) is 18.8 Å². The number of piperidine rings is 1. The zero-order chi connectivity index (χ0) is 12.5. The Morgan fingerprint density at radius 2 is 1.71 bits per heavy atom. The van der Waals surface area contributed by atoms with E-state index >= 15 is 0 Å². The summed E-state index contributed by atoms with van der Waals surface area (Å²) in [6, 6.07) is 0. The Balaban J connectivity index is 2.08. The maximum Gasteiger partial charge on any atom is 0.419 e. The Labute approximate surface area is 97.7 Å². The second-order valence-electron chi connectivity index (χ2n) is 4.44. The normalized spacial score (nSPS) is 18.5. The zero-order valence-corrected chi connectivity index (χ0v) is 9.54. The number of nitrogens with zero attached hydrogens (tertiary/aromatic N) is 3. The lowest BCUT2D eigenvalue weighted by atomic mass is 10.00. The lowest BCUT2D eigenvalue weighted by molar-refractivity contribution is -0.138. The molecule has 1 aliphatic heterocycles. The summed E-state index contributed by atoms with van der Waals surface area (Å²) in [7, 11) is 0. The minimum Gasteiger partial charge on any atom is -0.341 e. The fourth-order valence-electron chi connectivity index (χ4n) is 1.84. The summed E-state index contributed by atoms with van der Waals surface area (Å²) < 4.78 is 37.0. The predicted molar refractivity (Wildman–Crippen MR) is 57.6 cm³/mol. The smallest absolute Gasteiger partial charge is 0.341 e. The van der Waals surface area contributed by atoms with Crippen LogP contribution in [-0.4, -0.2) is 23.1 Å². The number of anilines is 1. The van der Waals surface area contributed by atoms with Gasteiger partial charge in [0.1, 0.15) is 0 Å². The van der Waals surface area contributed by atoms with Crippen LogP contribution in [0.25, 0.3) is 0 Å². The Bertz CT molecular complexity index is 367. The van der Waals surface area contributed by atoms with Gasteiger partial charge in [0.15, 0.2) is 0 Å². The van der Waals surface area contributed by atoms with Crippen LogP contribution in [0.4, 0.5) is 19.1 Å². The number of aromatic nitrogens is 2.